The first kappa shape index (κ1) is 13.4. The lowest BCUT2D eigenvalue weighted by molar-refractivity contribution is 0.0948. The first-order valence-corrected chi connectivity index (χ1v) is 6.68. The lowest BCUT2D eigenvalue weighted by atomic mass is 10.2. The largest absolute Gasteiger partial charge is 0.463 e. The molecular formula is C14H19N3O2. The molecule has 0 bridgehead atoms. The average molecular weight is 261 g/mol. The highest BCUT2D eigenvalue weighted by molar-refractivity contribution is 5.93. The molecule has 2 heterocycles. The van der Waals surface area contributed by atoms with Crippen LogP contribution in [0.15, 0.2) is 28.9 Å². The van der Waals surface area contributed by atoms with Crippen LogP contribution in [-0.2, 0) is 0 Å². The summed E-state index contributed by atoms with van der Waals surface area (Å²) >= 11 is 0. The van der Waals surface area contributed by atoms with Gasteiger partial charge in [-0.05, 0) is 18.6 Å². The molecule has 5 heteroatoms. The minimum Gasteiger partial charge on any atom is -0.463 e. The molecule has 0 spiro atoms. The third-order valence-electron chi connectivity index (χ3n) is 2.91. The van der Waals surface area contributed by atoms with Crippen LogP contribution in [0.5, 0.6) is 0 Å². The maximum atomic E-state index is 11.8. The number of hydrogen-bond donors (Lipinski definition) is 2. The summed E-state index contributed by atoms with van der Waals surface area (Å²) in [6.45, 7) is 2.86. The molecule has 2 aromatic rings. The van der Waals surface area contributed by atoms with Gasteiger partial charge in [-0.2, -0.15) is 5.10 Å². The second-order valence-electron chi connectivity index (χ2n) is 4.46. The van der Waals surface area contributed by atoms with Crippen LogP contribution in [0.2, 0.25) is 0 Å². The van der Waals surface area contributed by atoms with Gasteiger partial charge in [-0.1, -0.05) is 26.2 Å². The maximum Gasteiger partial charge on any atom is 0.271 e. The molecule has 0 saturated heterocycles. The zero-order valence-electron chi connectivity index (χ0n) is 11.1. The Morgan fingerprint density at radius 2 is 2.32 bits per heavy atom. The van der Waals surface area contributed by atoms with Crippen molar-refractivity contribution in [2.24, 2.45) is 0 Å². The smallest absolute Gasteiger partial charge is 0.271 e. The van der Waals surface area contributed by atoms with Gasteiger partial charge in [-0.3, -0.25) is 9.89 Å². The Bertz CT molecular complexity index is 503. The molecule has 0 radical (unpaired) electrons. The Balaban J connectivity index is 1.83. The number of furan rings is 1. The molecule has 2 N–H and O–H groups in total. The Labute approximate surface area is 112 Å². The highest BCUT2D eigenvalue weighted by atomic mass is 16.3. The molecule has 5 nitrogen and oxygen atoms in total. The Hall–Kier alpha value is -2.04. The quantitative estimate of drug-likeness (QED) is 0.753. The van der Waals surface area contributed by atoms with E-state index in [1.54, 1.807) is 18.4 Å². The van der Waals surface area contributed by atoms with Gasteiger partial charge in [0.15, 0.2) is 11.5 Å². The zero-order chi connectivity index (χ0) is 13.5. The number of aromatic nitrogens is 2. The molecule has 0 aliphatic carbocycles. The zero-order valence-corrected chi connectivity index (χ0v) is 11.1. The highest BCUT2D eigenvalue weighted by Crippen LogP contribution is 2.17. The fourth-order valence-corrected chi connectivity index (χ4v) is 1.84. The van der Waals surface area contributed by atoms with Crippen LogP contribution in [0.25, 0.3) is 11.5 Å². The first-order chi connectivity index (χ1) is 9.31. The summed E-state index contributed by atoms with van der Waals surface area (Å²) in [5, 5.41) is 9.65. The van der Waals surface area contributed by atoms with Gasteiger partial charge in [0.1, 0.15) is 5.69 Å². The fourth-order valence-electron chi connectivity index (χ4n) is 1.84. The van der Waals surface area contributed by atoms with E-state index in [0.29, 0.717) is 23.7 Å². The van der Waals surface area contributed by atoms with Crippen molar-refractivity contribution in [1.82, 2.24) is 15.5 Å². The monoisotopic (exact) mass is 261 g/mol. The molecule has 2 rings (SSSR count). The fraction of sp³-hybridized carbons (Fsp3) is 0.429. The van der Waals surface area contributed by atoms with Crippen molar-refractivity contribution in [2.45, 2.75) is 32.6 Å². The summed E-state index contributed by atoms with van der Waals surface area (Å²) in [6, 6.07) is 5.31. The van der Waals surface area contributed by atoms with E-state index >= 15 is 0 Å². The number of aromatic amines is 1. The van der Waals surface area contributed by atoms with E-state index in [-0.39, 0.29) is 5.91 Å². The van der Waals surface area contributed by atoms with E-state index < -0.39 is 0 Å². The van der Waals surface area contributed by atoms with Crippen LogP contribution in [0.4, 0.5) is 0 Å². The molecule has 0 fully saturated rings. The van der Waals surface area contributed by atoms with Gasteiger partial charge >= 0.3 is 0 Å². The van der Waals surface area contributed by atoms with Gasteiger partial charge in [0.05, 0.1) is 6.26 Å². The van der Waals surface area contributed by atoms with Crippen molar-refractivity contribution in [3.63, 3.8) is 0 Å². The van der Waals surface area contributed by atoms with E-state index in [0.717, 1.165) is 12.8 Å². The lowest BCUT2D eigenvalue weighted by Gasteiger charge is -2.01. The number of nitrogens with zero attached hydrogens (tertiary/aromatic N) is 1. The predicted molar refractivity (Wildman–Crippen MR) is 72.8 cm³/mol. The van der Waals surface area contributed by atoms with Gasteiger partial charge < -0.3 is 9.73 Å². The standard InChI is InChI=1S/C14H19N3O2/c1-2-3-4-5-8-15-14(18)12-10-11(16-17-12)13-7-6-9-19-13/h6-7,9-10H,2-5,8H2,1H3,(H,15,18)(H,16,17). The predicted octanol–water partition coefficient (Wildman–Crippen LogP) is 2.98. The summed E-state index contributed by atoms with van der Waals surface area (Å²) < 4.78 is 5.24. The topological polar surface area (TPSA) is 70.9 Å². The van der Waals surface area contributed by atoms with Crippen molar-refractivity contribution in [2.75, 3.05) is 6.54 Å². The van der Waals surface area contributed by atoms with Gasteiger partial charge in [0.2, 0.25) is 0 Å². The molecule has 102 valence electrons. The van der Waals surface area contributed by atoms with E-state index in [2.05, 4.69) is 22.4 Å². The van der Waals surface area contributed by atoms with Crippen molar-refractivity contribution in [1.29, 1.82) is 0 Å². The van der Waals surface area contributed by atoms with Crippen LogP contribution in [0.1, 0.15) is 43.1 Å². The van der Waals surface area contributed by atoms with Crippen LogP contribution in [0.3, 0.4) is 0 Å². The molecule has 0 atom stereocenters. The summed E-state index contributed by atoms with van der Waals surface area (Å²) in [5.74, 6) is 0.528. The summed E-state index contributed by atoms with van der Waals surface area (Å²) in [4.78, 5) is 11.8. The molecule has 0 aliphatic rings. The number of hydrogen-bond acceptors (Lipinski definition) is 3. The van der Waals surface area contributed by atoms with E-state index in [1.807, 2.05) is 6.07 Å². The number of nitrogens with one attached hydrogen (secondary N) is 2. The molecule has 0 aliphatic heterocycles. The maximum absolute atomic E-state index is 11.8. The molecule has 1 amide bonds. The number of unbranched alkanes of at least 4 members (excludes halogenated alkanes) is 3. The molecule has 0 unspecified atom stereocenters. The van der Waals surface area contributed by atoms with Gasteiger partial charge in [0.25, 0.3) is 5.91 Å². The minimum atomic E-state index is -0.148. The van der Waals surface area contributed by atoms with Crippen LogP contribution >= 0.6 is 0 Å². The summed E-state index contributed by atoms with van der Waals surface area (Å²) in [5.41, 5.74) is 1.10. The Morgan fingerprint density at radius 3 is 3.05 bits per heavy atom. The van der Waals surface area contributed by atoms with Crippen LogP contribution in [-0.4, -0.2) is 22.6 Å². The number of carbonyl (C=O) groups excluding carboxylic acids is 1. The van der Waals surface area contributed by atoms with E-state index in [9.17, 15) is 4.79 Å². The number of carbonyl (C=O) groups is 1. The number of rotatable bonds is 7. The molecule has 2 aromatic heterocycles. The van der Waals surface area contributed by atoms with E-state index in [4.69, 9.17) is 4.42 Å². The van der Waals surface area contributed by atoms with Crippen LogP contribution < -0.4 is 5.32 Å². The summed E-state index contributed by atoms with van der Waals surface area (Å²) in [7, 11) is 0. The SMILES string of the molecule is CCCCCCNC(=O)c1cc(-c2ccco2)[nH]n1. The third-order valence-corrected chi connectivity index (χ3v) is 2.91. The minimum absolute atomic E-state index is 0.148. The second-order valence-corrected chi connectivity index (χ2v) is 4.46. The number of H-pyrrole nitrogens is 1. The summed E-state index contributed by atoms with van der Waals surface area (Å²) in [6.07, 6.45) is 6.15. The normalized spacial score (nSPS) is 10.6. The first-order valence-electron chi connectivity index (χ1n) is 6.68. The number of amides is 1. The van der Waals surface area contributed by atoms with E-state index in [1.165, 1.54) is 12.8 Å². The Morgan fingerprint density at radius 1 is 1.42 bits per heavy atom. The van der Waals surface area contributed by atoms with Gasteiger partial charge in [-0.25, -0.2) is 0 Å². The molecule has 19 heavy (non-hydrogen) atoms. The Kier molecular flexibility index (Phi) is 4.78. The molecule has 0 saturated carbocycles. The van der Waals surface area contributed by atoms with Crippen molar-refractivity contribution >= 4 is 5.91 Å². The third kappa shape index (κ3) is 3.71. The lowest BCUT2D eigenvalue weighted by Crippen LogP contribution is -2.24. The van der Waals surface area contributed by atoms with Crippen molar-refractivity contribution < 1.29 is 9.21 Å². The molecule has 0 aromatic carbocycles. The van der Waals surface area contributed by atoms with Crippen molar-refractivity contribution in [3.05, 3.63) is 30.2 Å². The average Bonchev–Trinajstić information content (AvgIpc) is 3.08. The van der Waals surface area contributed by atoms with Gasteiger partial charge in [0, 0.05) is 12.6 Å². The second kappa shape index (κ2) is 6.78. The van der Waals surface area contributed by atoms with Gasteiger partial charge in [-0.15, -0.1) is 0 Å². The molecular weight excluding hydrogens is 242 g/mol. The van der Waals surface area contributed by atoms with Crippen LogP contribution in [0, 0.1) is 0 Å². The highest BCUT2D eigenvalue weighted by Gasteiger charge is 2.11. The van der Waals surface area contributed by atoms with Crippen molar-refractivity contribution in [3.8, 4) is 11.5 Å².